The molecule has 0 aromatic carbocycles. The first kappa shape index (κ1) is 16.9. The van der Waals surface area contributed by atoms with Crippen LogP contribution in [-0.4, -0.2) is 41.6 Å². The summed E-state index contributed by atoms with van der Waals surface area (Å²) in [5.74, 6) is 0. The van der Waals surface area contributed by atoms with Gasteiger partial charge in [-0.05, 0) is 27.7 Å². The van der Waals surface area contributed by atoms with Crippen LogP contribution in [0.5, 0.6) is 0 Å². The summed E-state index contributed by atoms with van der Waals surface area (Å²) in [5.41, 5.74) is 6.65. The topological polar surface area (TPSA) is 81.2 Å². The summed E-state index contributed by atoms with van der Waals surface area (Å²) in [6, 6.07) is -0.144. The zero-order valence-electron chi connectivity index (χ0n) is 12.6. The van der Waals surface area contributed by atoms with E-state index in [1.165, 1.54) is 4.31 Å². The first-order valence-electron chi connectivity index (χ1n) is 6.64. The average molecular weight is 300 g/mol. The van der Waals surface area contributed by atoms with Crippen molar-refractivity contribution in [3.63, 3.8) is 0 Å². The van der Waals surface area contributed by atoms with Crippen LogP contribution in [0.25, 0.3) is 0 Å². The van der Waals surface area contributed by atoms with Crippen molar-refractivity contribution in [1.82, 2.24) is 14.1 Å². The molecule has 6 nitrogen and oxygen atoms in total. The number of nitrogens with two attached hydrogens (primary N) is 1. The van der Waals surface area contributed by atoms with E-state index in [0.717, 1.165) is 0 Å². The number of rotatable bonds is 7. The highest BCUT2D eigenvalue weighted by atomic mass is 32.2. The summed E-state index contributed by atoms with van der Waals surface area (Å²) in [5, 5.41) is 4.27. The summed E-state index contributed by atoms with van der Waals surface area (Å²) in [6.07, 6.45) is 1.59. The lowest BCUT2D eigenvalue weighted by molar-refractivity contribution is 0.382. The largest absolute Gasteiger partial charge is 0.329 e. The number of aryl methyl sites for hydroxylation is 1. The van der Waals surface area contributed by atoms with Gasteiger partial charge in [-0.3, -0.25) is 4.68 Å². The van der Waals surface area contributed by atoms with E-state index in [1.807, 2.05) is 13.8 Å². The molecule has 1 aromatic heterocycles. The zero-order chi connectivity index (χ0) is 15.5. The van der Waals surface area contributed by atoms with E-state index in [-0.39, 0.29) is 17.5 Å². The third-order valence-corrected chi connectivity index (χ3v) is 5.40. The van der Waals surface area contributed by atoms with E-state index in [4.69, 9.17) is 5.73 Å². The smallest absolute Gasteiger partial charge is 0.247 e. The summed E-state index contributed by atoms with van der Waals surface area (Å²) >= 11 is 0. The van der Waals surface area contributed by atoms with Crippen LogP contribution >= 0.6 is 0 Å². The maximum atomic E-state index is 12.8. The van der Waals surface area contributed by atoms with Crippen LogP contribution in [0, 0.1) is 13.8 Å². The minimum absolute atomic E-state index is 0.144. The van der Waals surface area contributed by atoms with E-state index < -0.39 is 10.0 Å². The van der Waals surface area contributed by atoms with Crippen molar-refractivity contribution in [2.45, 2.75) is 45.2 Å². The Balaban J connectivity index is 3.37. The van der Waals surface area contributed by atoms with Crippen LogP contribution in [0.2, 0.25) is 0 Å². The number of hydrogen-bond acceptors (Lipinski definition) is 4. The predicted octanol–water partition coefficient (Wildman–Crippen LogP) is 1.04. The van der Waals surface area contributed by atoms with Crippen molar-refractivity contribution < 1.29 is 8.42 Å². The molecule has 0 spiro atoms. The molecule has 1 heterocycles. The van der Waals surface area contributed by atoms with Crippen LogP contribution < -0.4 is 5.73 Å². The Morgan fingerprint density at radius 2 is 2.05 bits per heavy atom. The molecule has 114 valence electrons. The summed E-state index contributed by atoms with van der Waals surface area (Å²) < 4.78 is 28.7. The molecule has 0 aliphatic rings. The summed E-state index contributed by atoms with van der Waals surface area (Å²) in [4.78, 5) is 0.279. The Morgan fingerprint density at radius 1 is 1.45 bits per heavy atom. The minimum Gasteiger partial charge on any atom is -0.329 e. The van der Waals surface area contributed by atoms with Crippen molar-refractivity contribution in [3.05, 3.63) is 24.0 Å². The lowest BCUT2D eigenvalue weighted by Crippen LogP contribution is -2.37. The van der Waals surface area contributed by atoms with Gasteiger partial charge in [0.15, 0.2) is 0 Å². The molecule has 0 amide bonds. The molecular weight excluding hydrogens is 276 g/mol. The Labute approximate surface area is 121 Å². The van der Waals surface area contributed by atoms with E-state index in [9.17, 15) is 8.42 Å². The summed E-state index contributed by atoms with van der Waals surface area (Å²) in [6.45, 7) is 12.0. The Hall–Kier alpha value is -1.18. The molecule has 0 aliphatic heterocycles. The minimum atomic E-state index is -3.58. The number of sulfonamides is 1. The van der Waals surface area contributed by atoms with Gasteiger partial charge in [-0.15, -0.1) is 6.58 Å². The fourth-order valence-electron chi connectivity index (χ4n) is 2.22. The monoisotopic (exact) mass is 300 g/mol. The van der Waals surface area contributed by atoms with Gasteiger partial charge in [-0.1, -0.05) is 6.08 Å². The second-order valence-corrected chi connectivity index (χ2v) is 6.80. The van der Waals surface area contributed by atoms with Crippen LogP contribution in [-0.2, 0) is 16.6 Å². The van der Waals surface area contributed by atoms with Crippen molar-refractivity contribution in [2.24, 2.45) is 5.73 Å². The van der Waals surface area contributed by atoms with Gasteiger partial charge in [0.25, 0.3) is 0 Å². The molecule has 0 saturated heterocycles. The zero-order valence-corrected chi connectivity index (χ0v) is 13.4. The van der Waals surface area contributed by atoms with Crippen LogP contribution in [0.3, 0.4) is 0 Å². The fourth-order valence-corrected chi connectivity index (χ4v) is 4.21. The van der Waals surface area contributed by atoms with Gasteiger partial charge < -0.3 is 5.73 Å². The van der Waals surface area contributed by atoms with Gasteiger partial charge in [-0.2, -0.15) is 9.40 Å². The predicted molar refractivity (Wildman–Crippen MR) is 80.0 cm³/mol. The van der Waals surface area contributed by atoms with E-state index >= 15 is 0 Å². The van der Waals surface area contributed by atoms with Gasteiger partial charge in [0.2, 0.25) is 10.0 Å². The molecule has 0 atom stereocenters. The van der Waals surface area contributed by atoms with Crippen LogP contribution in [0.1, 0.15) is 25.2 Å². The highest BCUT2D eigenvalue weighted by molar-refractivity contribution is 7.89. The van der Waals surface area contributed by atoms with Crippen molar-refractivity contribution >= 4 is 10.0 Å². The molecule has 1 aromatic rings. The Bertz CT molecular complexity index is 575. The van der Waals surface area contributed by atoms with Gasteiger partial charge in [0.1, 0.15) is 4.90 Å². The van der Waals surface area contributed by atoms with E-state index in [1.54, 1.807) is 24.6 Å². The molecule has 0 bridgehead atoms. The van der Waals surface area contributed by atoms with Gasteiger partial charge >= 0.3 is 0 Å². The van der Waals surface area contributed by atoms with Crippen LogP contribution in [0.4, 0.5) is 0 Å². The molecular formula is C13H24N4O2S. The average Bonchev–Trinajstić information content (AvgIpc) is 2.61. The third-order valence-electron chi connectivity index (χ3n) is 3.11. The van der Waals surface area contributed by atoms with E-state index in [2.05, 4.69) is 11.7 Å². The van der Waals surface area contributed by atoms with E-state index in [0.29, 0.717) is 24.5 Å². The lowest BCUT2D eigenvalue weighted by Gasteiger charge is -2.24. The molecule has 0 saturated carbocycles. The number of aromatic nitrogens is 2. The SMILES string of the molecule is C=CCN(C(C)C)S(=O)(=O)c1c(C)nn(CCN)c1C. The molecule has 0 fully saturated rings. The lowest BCUT2D eigenvalue weighted by atomic mass is 10.4. The molecule has 7 heteroatoms. The second kappa shape index (κ2) is 6.51. The van der Waals surface area contributed by atoms with Crippen molar-refractivity contribution in [3.8, 4) is 0 Å². The second-order valence-electron chi connectivity index (χ2n) is 4.97. The number of hydrogen-bond donors (Lipinski definition) is 1. The summed E-state index contributed by atoms with van der Waals surface area (Å²) in [7, 11) is -3.58. The normalized spacial score (nSPS) is 12.3. The molecule has 0 aliphatic carbocycles. The Kier molecular flexibility index (Phi) is 5.50. The first-order chi connectivity index (χ1) is 9.27. The van der Waals surface area contributed by atoms with Gasteiger partial charge in [0.05, 0.1) is 17.9 Å². The number of nitrogens with zero attached hydrogens (tertiary/aromatic N) is 3. The molecule has 1 rings (SSSR count). The molecule has 20 heavy (non-hydrogen) atoms. The molecule has 2 N–H and O–H groups in total. The molecule has 0 radical (unpaired) electrons. The first-order valence-corrected chi connectivity index (χ1v) is 8.08. The van der Waals surface area contributed by atoms with Gasteiger partial charge in [0, 0.05) is 19.1 Å². The highest BCUT2D eigenvalue weighted by Gasteiger charge is 2.31. The third kappa shape index (κ3) is 3.11. The van der Waals surface area contributed by atoms with Crippen molar-refractivity contribution in [2.75, 3.05) is 13.1 Å². The quantitative estimate of drug-likeness (QED) is 0.763. The highest BCUT2D eigenvalue weighted by Crippen LogP contribution is 2.24. The maximum absolute atomic E-state index is 12.8. The maximum Gasteiger partial charge on any atom is 0.247 e. The molecule has 0 unspecified atom stereocenters. The standard InChI is InChI=1S/C13H24N4O2S/c1-6-8-17(10(2)3)20(18,19)13-11(4)15-16(9-7-14)12(13)5/h6,10H,1,7-9,14H2,2-5H3. The Morgan fingerprint density at radius 3 is 2.50 bits per heavy atom. The van der Waals surface area contributed by atoms with Crippen LogP contribution in [0.15, 0.2) is 17.6 Å². The van der Waals surface area contributed by atoms with Crippen molar-refractivity contribution in [1.29, 1.82) is 0 Å². The fraction of sp³-hybridized carbons (Fsp3) is 0.615. The van der Waals surface area contributed by atoms with Gasteiger partial charge in [-0.25, -0.2) is 8.42 Å².